The van der Waals surface area contributed by atoms with Gasteiger partial charge in [-0.25, -0.2) is 0 Å². The van der Waals surface area contributed by atoms with Gasteiger partial charge in [-0.1, -0.05) is 0 Å². The summed E-state index contributed by atoms with van der Waals surface area (Å²) in [5.74, 6) is 0.309. The summed E-state index contributed by atoms with van der Waals surface area (Å²) in [6.45, 7) is 2.19. The summed E-state index contributed by atoms with van der Waals surface area (Å²) in [5, 5.41) is 2.81. The molecule has 0 radical (unpaired) electrons. The van der Waals surface area contributed by atoms with Crippen molar-refractivity contribution in [3.8, 4) is 11.4 Å². The number of hydrogen-bond acceptors (Lipinski definition) is 4. The fraction of sp³-hybridized carbons (Fsp3) is 0.333. The Morgan fingerprint density at radius 3 is 2.92 bits per heavy atom. The van der Waals surface area contributed by atoms with Gasteiger partial charge in [-0.3, -0.25) is 9.78 Å². The van der Waals surface area contributed by atoms with Gasteiger partial charge in [0, 0.05) is 6.20 Å². The molecule has 2 N–H and O–H groups in total. The van der Waals surface area contributed by atoms with E-state index in [2.05, 4.69) is 27.2 Å². The minimum Gasteiger partial charge on any atom is -0.470 e. The Hall–Kier alpha value is -2.60. The van der Waals surface area contributed by atoms with Gasteiger partial charge in [0.25, 0.3) is 5.91 Å². The fourth-order valence-electron chi connectivity index (χ4n) is 3.31. The van der Waals surface area contributed by atoms with Crippen LogP contribution in [0.25, 0.3) is 11.4 Å². The molecule has 4 heterocycles. The third-order valence-corrected chi connectivity index (χ3v) is 4.74. The van der Waals surface area contributed by atoms with Crippen molar-refractivity contribution >= 4 is 11.6 Å². The van der Waals surface area contributed by atoms with Gasteiger partial charge < -0.3 is 19.6 Å². The Labute approximate surface area is 140 Å². The number of piperidine rings is 1. The number of carbonyl (C=O) groups excluding carboxylic acids is 1. The van der Waals surface area contributed by atoms with E-state index < -0.39 is 0 Å². The van der Waals surface area contributed by atoms with Crippen LogP contribution in [0.2, 0.25) is 0 Å². The number of nitrogens with one attached hydrogen (secondary N) is 2. The summed E-state index contributed by atoms with van der Waals surface area (Å²) in [5.41, 5.74) is 4.26. The lowest BCUT2D eigenvalue weighted by Crippen LogP contribution is -2.29. The number of amides is 1. The fourth-order valence-corrected chi connectivity index (χ4v) is 3.31. The minimum absolute atomic E-state index is 0.186. The van der Waals surface area contributed by atoms with Crippen molar-refractivity contribution in [3.05, 3.63) is 48.2 Å². The van der Waals surface area contributed by atoms with E-state index in [1.807, 2.05) is 12.3 Å². The van der Waals surface area contributed by atoms with Gasteiger partial charge in [0.05, 0.1) is 23.3 Å². The molecule has 0 saturated carbocycles. The number of furan rings is 1. The van der Waals surface area contributed by atoms with Crippen molar-refractivity contribution in [2.24, 2.45) is 0 Å². The quantitative estimate of drug-likeness (QED) is 0.776. The average molecular weight is 324 g/mol. The van der Waals surface area contributed by atoms with E-state index in [1.165, 1.54) is 18.1 Å². The minimum atomic E-state index is -0.186. The molecule has 0 spiro atoms. The smallest absolute Gasteiger partial charge is 0.272 e. The molecule has 1 saturated heterocycles. The van der Waals surface area contributed by atoms with Crippen molar-refractivity contribution in [2.45, 2.75) is 18.8 Å². The molecule has 0 atom stereocenters. The first-order chi connectivity index (χ1) is 11.7. The lowest BCUT2D eigenvalue weighted by Gasteiger charge is -2.29. The topological polar surface area (TPSA) is 74.2 Å². The molecule has 3 aliphatic heterocycles. The zero-order valence-electron chi connectivity index (χ0n) is 13.6. The van der Waals surface area contributed by atoms with Crippen LogP contribution in [-0.4, -0.2) is 40.9 Å². The van der Waals surface area contributed by atoms with Crippen molar-refractivity contribution in [3.63, 3.8) is 0 Å². The highest BCUT2D eigenvalue weighted by atomic mass is 16.3. The molecule has 4 rings (SSSR count). The number of carbonyl (C=O) groups is 1. The summed E-state index contributed by atoms with van der Waals surface area (Å²) in [6.07, 6.45) is 7.23. The Kier molecular flexibility index (Phi) is 3.82. The Morgan fingerprint density at radius 1 is 1.33 bits per heavy atom. The number of H-pyrrole nitrogens is 1. The zero-order chi connectivity index (χ0) is 16.5. The van der Waals surface area contributed by atoms with Gasteiger partial charge in [0.1, 0.15) is 12.0 Å². The molecular formula is C18H20N4O2. The zero-order valence-corrected chi connectivity index (χ0v) is 13.6. The lowest BCUT2D eigenvalue weighted by atomic mass is 9.89. The molecule has 24 heavy (non-hydrogen) atoms. The second-order valence-corrected chi connectivity index (χ2v) is 6.39. The van der Waals surface area contributed by atoms with Crippen molar-refractivity contribution < 1.29 is 9.21 Å². The molecule has 1 amide bonds. The molecule has 0 aromatic carbocycles. The highest BCUT2D eigenvalue weighted by Crippen LogP contribution is 2.35. The Balaban J connectivity index is 1.60. The molecule has 1 fully saturated rings. The summed E-state index contributed by atoms with van der Waals surface area (Å²) in [6, 6.07) is 5.38. The van der Waals surface area contributed by atoms with E-state index in [4.69, 9.17) is 4.42 Å². The highest BCUT2D eigenvalue weighted by molar-refractivity contribution is 6.03. The van der Waals surface area contributed by atoms with Crippen LogP contribution in [0.3, 0.4) is 0 Å². The van der Waals surface area contributed by atoms with Gasteiger partial charge in [0.2, 0.25) is 0 Å². The average Bonchev–Trinajstić information content (AvgIpc) is 3.24. The number of fused-ring (bicyclic) bond motifs is 1. The number of anilines is 1. The predicted octanol–water partition coefficient (Wildman–Crippen LogP) is 3.17. The molecule has 0 unspecified atom stereocenters. The van der Waals surface area contributed by atoms with Crippen LogP contribution in [0.1, 0.15) is 34.8 Å². The number of likely N-dealkylation sites (tertiary alicyclic amines) is 1. The molecule has 0 bridgehead atoms. The van der Waals surface area contributed by atoms with E-state index in [9.17, 15) is 4.79 Å². The molecular weight excluding hydrogens is 304 g/mol. The summed E-state index contributed by atoms with van der Waals surface area (Å²) in [4.78, 5) is 22.5. The van der Waals surface area contributed by atoms with Gasteiger partial charge >= 0.3 is 0 Å². The molecule has 6 heteroatoms. The third-order valence-electron chi connectivity index (χ3n) is 4.74. The van der Waals surface area contributed by atoms with Crippen LogP contribution in [-0.2, 0) is 0 Å². The first kappa shape index (κ1) is 15.0. The number of aromatic nitrogens is 2. The Bertz CT molecular complexity index is 800. The molecule has 1 aromatic rings. The van der Waals surface area contributed by atoms with Gasteiger partial charge in [-0.2, -0.15) is 0 Å². The van der Waals surface area contributed by atoms with Crippen molar-refractivity contribution in [1.82, 2.24) is 14.9 Å². The summed E-state index contributed by atoms with van der Waals surface area (Å²) >= 11 is 0. The van der Waals surface area contributed by atoms with Crippen LogP contribution in [0, 0.1) is 0 Å². The maximum atomic E-state index is 12.4. The van der Waals surface area contributed by atoms with Crippen molar-refractivity contribution in [1.29, 1.82) is 0 Å². The number of hydrogen-bond donors (Lipinski definition) is 2. The molecule has 124 valence electrons. The van der Waals surface area contributed by atoms with E-state index in [0.29, 0.717) is 17.3 Å². The molecule has 6 nitrogen and oxygen atoms in total. The highest BCUT2D eigenvalue weighted by Gasteiger charge is 2.24. The van der Waals surface area contributed by atoms with Crippen LogP contribution < -0.4 is 5.32 Å². The first-order valence-electron chi connectivity index (χ1n) is 8.20. The summed E-state index contributed by atoms with van der Waals surface area (Å²) < 4.78 is 4.98. The maximum Gasteiger partial charge on any atom is 0.272 e. The second kappa shape index (κ2) is 6.13. The van der Waals surface area contributed by atoms with E-state index >= 15 is 0 Å². The SMILES string of the molecule is CN1CCC(c2cnc3ccc(C(=O)Nc4ccoc4)[nH]c2-3)CC1. The van der Waals surface area contributed by atoms with E-state index in [0.717, 1.165) is 37.3 Å². The number of rotatable bonds is 3. The summed E-state index contributed by atoms with van der Waals surface area (Å²) in [7, 11) is 2.15. The van der Waals surface area contributed by atoms with Crippen LogP contribution in [0.15, 0.2) is 41.3 Å². The standard InChI is InChI=1S/C18H20N4O2/c1-22-7-4-12(5-8-22)14-10-19-15-2-3-16(21-17(14)15)18(23)20-13-6-9-24-11-13/h2-3,6,9-12,21H,4-5,7-8H2,1H3,(H,20,23). The Morgan fingerprint density at radius 2 is 2.17 bits per heavy atom. The largest absolute Gasteiger partial charge is 0.470 e. The molecule has 1 aromatic heterocycles. The molecule has 3 aliphatic rings. The van der Waals surface area contributed by atoms with Gasteiger partial charge in [0.15, 0.2) is 0 Å². The lowest BCUT2D eigenvalue weighted by molar-refractivity contribution is 0.102. The number of pyridine rings is 1. The van der Waals surface area contributed by atoms with Gasteiger partial charge in [-0.15, -0.1) is 0 Å². The normalized spacial score (nSPS) is 16.5. The predicted molar refractivity (Wildman–Crippen MR) is 91.3 cm³/mol. The van der Waals surface area contributed by atoms with Crippen LogP contribution in [0.4, 0.5) is 5.69 Å². The number of nitrogens with zero attached hydrogens (tertiary/aromatic N) is 2. The van der Waals surface area contributed by atoms with E-state index in [1.54, 1.807) is 12.1 Å². The first-order valence-corrected chi connectivity index (χ1v) is 8.20. The number of aromatic amines is 1. The van der Waals surface area contributed by atoms with Crippen LogP contribution in [0.5, 0.6) is 0 Å². The third kappa shape index (κ3) is 2.80. The second-order valence-electron chi connectivity index (χ2n) is 6.39. The maximum absolute atomic E-state index is 12.4. The monoisotopic (exact) mass is 324 g/mol. The molecule has 0 aliphatic carbocycles. The van der Waals surface area contributed by atoms with Crippen LogP contribution >= 0.6 is 0 Å². The van der Waals surface area contributed by atoms with Crippen molar-refractivity contribution in [2.75, 3.05) is 25.5 Å². The van der Waals surface area contributed by atoms with E-state index in [-0.39, 0.29) is 5.91 Å². The van der Waals surface area contributed by atoms with Gasteiger partial charge in [-0.05, 0) is 62.7 Å².